The van der Waals surface area contributed by atoms with Crippen LogP contribution in [0.2, 0.25) is 0 Å². The molecule has 7 aromatic carbocycles. The third-order valence-electron chi connectivity index (χ3n) is 13.6. The Balaban J connectivity index is 1.05. The fourth-order valence-electron chi connectivity index (χ4n) is 10.8. The highest BCUT2D eigenvalue weighted by Crippen LogP contribution is 2.52. The molecule has 282 valence electrons. The number of piperidine rings is 1. The van der Waals surface area contributed by atoms with Crippen LogP contribution in [0, 0.1) is 17.3 Å². The predicted octanol–water partition coefficient (Wildman–Crippen LogP) is 13.4. The van der Waals surface area contributed by atoms with E-state index in [4.69, 9.17) is 9.97 Å². The van der Waals surface area contributed by atoms with Gasteiger partial charge in [-0.15, -0.1) is 0 Å². The number of imidazole rings is 1. The van der Waals surface area contributed by atoms with Crippen LogP contribution in [0.5, 0.6) is 0 Å². The Labute approximate surface area is 343 Å². The van der Waals surface area contributed by atoms with E-state index in [0.717, 1.165) is 44.8 Å². The first-order valence-corrected chi connectivity index (χ1v) is 20.8. The maximum Gasteiger partial charge on any atom is 0.145 e. The first-order valence-electron chi connectivity index (χ1n) is 20.8. The van der Waals surface area contributed by atoms with Crippen molar-refractivity contribution >= 4 is 59.8 Å². The molecule has 4 unspecified atom stereocenters. The quantitative estimate of drug-likeness (QED) is 0.132. The van der Waals surface area contributed by atoms with Gasteiger partial charge in [0.15, 0.2) is 0 Å². The molecule has 0 saturated carbocycles. The van der Waals surface area contributed by atoms with Crippen LogP contribution >= 0.6 is 0 Å². The normalized spacial score (nSPS) is 20.5. The van der Waals surface area contributed by atoms with Crippen LogP contribution < -0.4 is 4.90 Å². The molecule has 3 aliphatic rings. The lowest BCUT2D eigenvalue weighted by Gasteiger charge is -2.58. The zero-order chi connectivity index (χ0) is 39.2. The minimum Gasteiger partial charge on any atom is -0.357 e. The molecular weight excluding hydrogens is 717 g/mol. The Morgan fingerprint density at radius 2 is 1.03 bits per heavy atom. The van der Waals surface area contributed by atoms with Gasteiger partial charge < -0.3 is 4.90 Å². The van der Waals surface area contributed by atoms with Crippen molar-refractivity contribution in [2.75, 3.05) is 4.90 Å². The lowest BCUT2D eigenvalue weighted by Crippen LogP contribution is -2.61. The zero-order valence-corrected chi connectivity index (χ0v) is 33.1. The summed E-state index contributed by atoms with van der Waals surface area (Å²) in [5.41, 5.74) is 7.57. The molecule has 2 aliphatic carbocycles. The van der Waals surface area contributed by atoms with E-state index >= 15 is 0 Å². The second kappa shape index (κ2) is 13.0. The first-order chi connectivity index (χ1) is 29.0. The second-order valence-electron chi connectivity index (χ2n) is 17.0. The molecule has 12 rings (SSSR count). The number of aromatic nitrogens is 3. The fourth-order valence-corrected chi connectivity index (χ4v) is 10.8. The van der Waals surface area contributed by atoms with Crippen LogP contribution in [0.15, 0.2) is 194 Å². The van der Waals surface area contributed by atoms with Crippen LogP contribution in [0.4, 0.5) is 5.69 Å². The summed E-state index contributed by atoms with van der Waals surface area (Å²) in [6.45, 7) is 4.89. The van der Waals surface area contributed by atoms with E-state index < -0.39 is 0 Å². The van der Waals surface area contributed by atoms with E-state index in [9.17, 15) is 0 Å². The SMILES string of the molecule is CC1(C)C2C=CC=CC2N(c2ccc(-c3nc4c5ccccc5c5ccccc5c4n3-c3ccc(-c4c5ccccc5cc5ccccc45)nc3)cc2)C2C=CC=CC21. The third-order valence-corrected chi connectivity index (χ3v) is 13.6. The van der Waals surface area contributed by atoms with Crippen molar-refractivity contribution in [2.24, 2.45) is 17.3 Å². The molecule has 4 atom stereocenters. The van der Waals surface area contributed by atoms with E-state index in [0.29, 0.717) is 11.8 Å². The molecule has 0 radical (unpaired) electrons. The minimum atomic E-state index is 0.120. The second-order valence-corrected chi connectivity index (χ2v) is 17.0. The number of fused-ring (bicyclic) bond motifs is 10. The summed E-state index contributed by atoms with van der Waals surface area (Å²) in [5.74, 6) is 1.70. The molecule has 9 aromatic rings. The lowest BCUT2D eigenvalue weighted by atomic mass is 9.59. The van der Waals surface area contributed by atoms with Crippen molar-refractivity contribution in [3.63, 3.8) is 0 Å². The summed E-state index contributed by atoms with van der Waals surface area (Å²) in [6.07, 6.45) is 20.6. The first kappa shape index (κ1) is 34.0. The minimum absolute atomic E-state index is 0.120. The van der Waals surface area contributed by atoms with Crippen LogP contribution in [0.3, 0.4) is 0 Å². The number of benzene rings is 7. The summed E-state index contributed by atoms with van der Waals surface area (Å²) in [4.78, 5) is 13.5. The van der Waals surface area contributed by atoms with E-state index in [-0.39, 0.29) is 17.5 Å². The number of hydrogen-bond acceptors (Lipinski definition) is 3. The van der Waals surface area contributed by atoms with Gasteiger partial charge in [-0.25, -0.2) is 4.98 Å². The summed E-state index contributed by atoms with van der Waals surface area (Å²) in [6, 6.07) is 51.1. The van der Waals surface area contributed by atoms with Crippen molar-refractivity contribution in [3.05, 3.63) is 194 Å². The molecule has 1 saturated heterocycles. The average molecular weight is 759 g/mol. The van der Waals surface area contributed by atoms with Crippen LogP contribution in [-0.4, -0.2) is 26.6 Å². The van der Waals surface area contributed by atoms with Crippen molar-refractivity contribution < 1.29 is 0 Å². The van der Waals surface area contributed by atoms with Crippen molar-refractivity contribution in [1.82, 2.24) is 14.5 Å². The Kier molecular flexibility index (Phi) is 7.49. The molecule has 4 heteroatoms. The summed E-state index contributed by atoms with van der Waals surface area (Å²) in [5, 5.41) is 9.56. The van der Waals surface area contributed by atoms with Crippen molar-refractivity contribution in [3.8, 4) is 28.3 Å². The fraction of sp³-hybridized carbons (Fsp3) is 0.127. The van der Waals surface area contributed by atoms with E-state index in [2.05, 4.69) is 211 Å². The Morgan fingerprint density at radius 1 is 0.508 bits per heavy atom. The molecule has 3 heterocycles. The van der Waals surface area contributed by atoms with E-state index in [1.807, 2.05) is 6.20 Å². The molecule has 1 aliphatic heterocycles. The Hall–Kier alpha value is -7.04. The van der Waals surface area contributed by atoms with Crippen molar-refractivity contribution in [2.45, 2.75) is 25.9 Å². The molecule has 0 amide bonds. The van der Waals surface area contributed by atoms with Gasteiger partial charge in [0.2, 0.25) is 0 Å². The summed E-state index contributed by atoms with van der Waals surface area (Å²) >= 11 is 0. The van der Waals surface area contributed by atoms with Crippen LogP contribution in [0.1, 0.15) is 13.8 Å². The highest BCUT2D eigenvalue weighted by Gasteiger charge is 2.51. The monoisotopic (exact) mass is 758 g/mol. The number of allylic oxidation sites excluding steroid dienone is 4. The number of pyridine rings is 1. The van der Waals surface area contributed by atoms with Crippen LogP contribution in [0.25, 0.3) is 82.5 Å². The predicted molar refractivity (Wildman–Crippen MR) is 247 cm³/mol. The van der Waals surface area contributed by atoms with E-state index in [1.54, 1.807) is 0 Å². The molecule has 2 aromatic heterocycles. The van der Waals surface area contributed by atoms with Gasteiger partial charge >= 0.3 is 0 Å². The maximum atomic E-state index is 5.57. The topological polar surface area (TPSA) is 34.0 Å². The molecule has 59 heavy (non-hydrogen) atoms. The highest BCUT2D eigenvalue weighted by atomic mass is 15.2. The van der Waals surface area contributed by atoms with E-state index in [1.165, 1.54) is 43.4 Å². The van der Waals surface area contributed by atoms with Gasteiger partial charge in [0, 0.05) is 39.4 Å². The molecule has 1 fully saturated rings. The summed E-state index contributed by atoms with van der Waals surface area (Å²) in [7, 11) is 0. The van der Waals surface area contributed by atoms with Crippen molar-refractivity contribution in [1.29, 1.82) is 0 Å². The maximum absolute atomic E-state index is 5.57. The molecule has 0 spiro atoms. The highest BCUT2D eigenvalue weighted by molar-refractivity contribution is 6.24. The smallest absolute Gasteiger partial charge is 0.145 e. The standard InChI is InChI=1S/C55H42N4/c1-55(2)46-23-11-13-25-49(46)58(50-26-14-12-24-47(50)55)38-29-27-35(28-30-38)54-57-52-44-21-9-7-19-42(44)43-20-8-10-22-45(43)53(52)59(54)39-31-32-48(56-34-39)51-40-17-5-3-15-36(40)33-37-16-4-6-18-41(37)51/h3-34,46-47,49-50H,1-2H3. The number of anilines is 1. The number of hydrogen-bond donors (Lipinski definition) is 0. The van der Waals surface area contributed by atoms with Gasteiger partial charge in [-0.1, -0.05) is 160 Å². The third kappa shape index (κ3) is 5.09. The van der Waals surface area contributed by atoms with Gasteiger partial charge in [0.25, 0.3) is 0 Å². The van der Waals surface area contributed by atoms with Gasteiger partial charge in [0.05, 0.1) is 40.7 Å². The molecule has 4 nitrogen and oxygen atoms in total. The number of rotatable bonds is 4. The largest absolute Gasteiger partial charge is 0.357 e. The van der Waals surface area contributed by atoms with Gasteiger partial charge in [-0.2, -0.15) is 0 Å². The molecular formula is C55H42N4. The van der Waals surface area contributed by atoms with Gasteiger partial charge in [0.1, 0.15) is 5.82 Å². The zero-order valence-electron chi connectivity index (χ0n) is 33.1. The van der Waals surface area contributed by atoms with Gasteiger partial charge in [-0.05, 0) is 80.2 Å². The lowest BCUT2D eigenvalue weighted by molar-refractivity contribution is 0.109. The molecule has 0 bridgehead atoms. The summed E-state index contributed by atoms with van der Waals surface area (Å²) < 4.78 is 2.34. The molecule has 0 N–H and O–H groups in total. The Morgan fingerprint density at radius 3 is 1.64 bits per heavy atom. The average Bonchev–Trinajstić information content (AvgIpc) is 3.70. The Bertz CT molecular complexity index is 3180. The number of nitrogens with zero attached hydrogens (tertiary/aromatic N) is 4. The van der Waals surface area contributed by atoms with Crippen LogP contribution in [-0.2, 0) is 0 Å². The van der Waals surface area contributed by atoms with Gasteiger partial charge in [-0.3, -0.25) is 9.55 Å².